The van der Waals surface area contributed by atoms with Gasteiger partial charge >= 0.3 is 11.7 Å². The predicted molar refractivity (Wildman–Crippen MR) is 53.9 cm³/mol. The predicted octanol–water partition coefficient (Wildman–Crippen LogP) is 0.241. The first-order chi connectivity index (χ1) is 6.81. The summed E-state index contributed by atoms with van der Waals surface area (Å²) >= 11 is 0. The number of esters is 1. The maximum Gasteiger partial charge on any atom is 0.420 e. The lowest BCUT2D eigenvalue weighted by Crippen LogP contribution is -2.29. The monoisotopic (exact) mass is 210 g/mol. The zero-order valence-corrected chi connectivity index (χ0v) is 9.24. The normalized spacial score (nSPS) is 11.8. The maximum absolute atomic E-state index is 11.0. The number of methoxy groups -OCH3 is 1. The van der Waals surface area contributed by atoms with Gasteiger partial charge in [-0.2, -0.15) is 4.79 Å². The highest BCUT2D eigenvalue weighted by Crippen LogP contribution is 2.09. The Morgan fingerprint density at radius 1 is 1.53 bits per heavy atom. The second kappa shape index (κ2) is 5.30. The number of carbonyl (C=O) groups is 1. The quantitative estimate of drug-likeness (QED) is 0.233. The van der Waals surface area contributed by atoms with Gasteiger partial charge in [-0.15, -0.1) is 0 Å². The van der Waals surface area contributed by atoms with E-state index in [1.54, 1.807) is 0 Å². The number of nitrogens with zero attached hydrogens (tertiary/aromatic N) is 2. The highest BCUT2D eigenvalue weighted by atomic mass is 16.5. The summed E-state index contributed by atoms with van der Waals surface area (Å²) in [6, 6.07) is 0. The molecule has 0 radical (unpaired) electrons. The van der Waals surface area contributed by atoms with Crippen LogP contribution in [0.2, 0.25) is 0 Å². The fourth-order valence-corrected chi connectivity index (χ4v) is 0.665. The number of aliphatic hydroxyl groups excluding tert-OH is 1. The molecule has 5 nitrogen and oxygen atoms in total. The van der Waals surface area contributed by atoms with Crippen LogP contribution in [0.15, 0.2) is 0 Å². The van der Waals surface area contributed by atoms with E-state index in [1.807, 2.05) is 20.8 Å². The summed E-state index contributed by atoms with van der Waals surface area (Å²) in [5.74, 6) is 4.21. The highest BCUT2D eigenvalue weighted by Gasteiger charge is 2.29. The van der Waals surface area contributed by atoms with Crippen LogP contribution in [0.4, 0.5) is 0 Å². The fraction of sp³-hybridized carbons (Fsp3) is 0.600. The van der Waals surface area contributed by atoms with E-state index in [2.05, 4.69) is 21.4 Å². The van der Waals surface area contributed by atoms with E-state index in [0.717, 1.165) is 7.11 Å². The molecule has 0 aliphatic carbocycles. The molecule has 0 amide bonds. The van der Waals surface area contributed by atoms with Gasteiger partial charge in [-0.3, -0.25) is 0 Å². The molecule has 0 heterocycles. The van der Waals surface area contributed by atoms with Crippen LogP contribution in [0.3, 0.4) is 0 Å². The van der Waals surface area contributed by atoms with Gasteiger partial charge in [0.15, 0.2) is 0 Å². The van der Waals surface area contributed by atoms with Crippen LogP contribution < -0.4 is 0 Å². The molecule has 5 heteroatoms. The van der Waals surface area contributed by atoms with Gasteiger partial charge in [-0.25, -0.2) is 4.79 Å². The first-order valence-corrected chi connectivity index (χ1v) is 4.33. The minimum Gasteiger partial charge on any atom is -0.460 e. The van der Waals surface area contributed by atoms with Crippen molar-refractivity contribution in [1.29, 1.82) is 0 Å². The average molecular weight is 210 g/mol. The van der Waals surface area contributed by atoms with E-state index in [4.69, 9.17) is 5.53 Å². The largest absolute Gasteiger partial charge is 0.460 e. The minimum atomic E-state index is -1.44. The van der Waals surface area contributed by atoms with Crippen molar-refractivity contribution in [3.63, 3.8) is 0 Å². The molecule has 0 bridgehead atoms. The highest BCUT2D eigenvalue weighted by molar-refractivity contribution is 6.36. The molecule has 0 saturated carbocycles. The van der Waals surface area contributed by atoms with Crippen LogP contribution in [0, 0.1) is 17.3 Å². The molecule has 0 aromatic carbocycles. The SMILES string of the molecule is COC(=O)C(=[N+]=[N-])C(O)C#CC(C)(C)C. The topological polar surface area (TPSA) is 82.9 Å². The summed E-state index contributed by atoms with van der Waals surface area (Å²) in [6.07, 6.45) is -1.44. The first-order valence-electron chi connectivity index (χ1n) is 4.33. The second-order valence-corrected chi connectivity index (χ2v) is 3.90. The Kier molecular flexibility index (Phi) is 4.72. The van der Waals surface area contributed by atoms with E-state index in [0.29, 0.717) is 0 Å². The van der Waals surface area contributed by atoms with E-state index >= 15 is 0 Å². The van der Waals surface area contributed by atoms with Gasteiger partial charge < -0.3 is 15.4 Å². The summed E-state index contributed by atoms with van der Waals surface area (Å²) in [6.45, 7) is 5.54. The second-order valence-electron chi connectivity index (χ2n) is 3.90. The first kappa shape index (κ1) is 13.4. The van der Waals surface area contributed by atoms with Crippen LogP contribution >= 0.6 is 0 Å². The zero-order valence-electron chi connectivity index (χ0n) is 9.24. The van der Waals surface area contributed by atoms with E-state index < -0.39 is 17.8 Å². The minimum absolute atomic E-state index is 0.308. The third-order valence-electron chi connectivity index (χ3n) is 1.35. The third kappa shape index (κ3) is 4.96. The van der Waals surface area contributed by atoms with Crippen molar-refractivity contribution >= 4 is 11.7 Å². The molecule has 1 N–H and O–H groups in total. The lowest BCUT2D eigenvalue weighted by Gasteiger charge is -2.07. The molecule has 82 valence electrons. The van der Waals surface area contributed by atoms with Crippen molar-refractivity contribution in [1.82, 2.24) is 0 Å². The molecule has 15 heavy (non-hydrogen) atoms. The van der Waals surface area contributed by atoms with Crippen LogP contribution in [-0.2, 0) is 9.53 Å². The molecule has 0 aromatic heterocycles. The maximum atomic E-state index is 11.0. The molecular weight excluding hydrogens is 196 g/mol. The average Bonchev–Trinajstić information content (AvgIpc) is 2.14. The number of aliphatic hydroxyl groups is 1. The smallest absolute Gasteiger partial charge is 0.420 e. The van der Waals surface area contributed by atoms with Crippen molar-refractivity contribution in [2.75, 3.05) is 7.11 Å². The molecule has 0 saturated heterocycles. The Labute approximate surface area is 88.7 Å². The zero-order chi connectivity index (χ0) is 12.1. The number of rotatable bonds is 2. The fourth-order valence-electron chi connectivity index (χ4n) is 0.665. The van der Waals surface area contributed by atoms with E-state index in [-0.39, 0.29) is 5.41 Å². The van der Waals surface area contributed by atoms with Gasteiger partial charge in [0.25, 0.3) is 0 Å². The van der Waals surface area contributed by atoms with Gasteiger partial charge in [0.2, 0.25) is 6.10 Å². The summed E-state index contributed by atoms with van der Waals surface area (Å²) in [4.78, 5) is 13.6. The Morgan fingerprint density at radius 3 is 2.40 bits per heavy atom. The van der Waals surface area contributed by atoms with Gasteiger partial charge in [-0.05, 0) is 20.8 Å². The Bertz CT molecular complexity index is 351. The van der Waals surface area contributed by atoms with Crippen LogP contribution in [-0.4, -0.2) is 34.8 Å². The molecule has 0 fully saturated rings. The molecule has 0 rings (SSSR count). The molecule has 1 unspecified atom stereocenters. The summed E-state index contributed by atoms with van der Waals surface area (Å²) < 4.78 is 4.30. The van der Waals surface area contributed by atoms with Crippen molar-refractivity contribution in [2.45, 2.75) is 26.9 Å². The molecule has 0 aliphatic heterocycles. The van der Waals surface area contributed by atoms with Gasteiger partial charge in [0, 0.05) is 5.41 Å². The van der Waals surface area contributed by atoms with Crippen LogP contribution in [0.25, 0.3) is 5.53 Å². The molecule has 0 spiro atoms. The number of carbonyl (C=O) groups excluding carboxylic acids is 1. The Balaban J connectivity index is 4.84. The van der Waals surface area contributed by atoms with Crippen LogP contribution in [0.1, 0.15) is 20.8 Å². The number of hydrogen-bond donors (Lipinski definition) is 1. The molecule has 0 aliphatic rings. The van der Waals surface area contributed by atoms with E-state index in [1.165, 1.54) is 0 Å². The Hall–Kier alpha value is -1.63. The summed E-state index contributed by atoms with van der Waals surface area (Å²) in [5, 5.41) is 9.41. The lowest BCUT2D eigenvalue weighted by atomic mass is 9.97. The third-order valence-corrected chi connectivity index (χ3v) is 1.35. The van der Waals surface area contributed by atoms with Gasteiger partial charge in [0.1, 0.15) is 0 Å². The van der Waals surface area contributed by atoms with Crippen LogP contribution in [0.5, 0.6) is 0 Å². The molecular formula is C10H14N2O3. The Morgan fingerprint density at radius 2 is 2.07 bits per heavy atom. The number of hydrogen-bond acceptors (Lipinski definition) is 3. The van der Waals surface area contributed by atoms with Crippen molar-refractivity contribution in [2.24, 2.45) is 5.41 Å². The van der Waals surface area contributed by atoms with Crippen molar-refractivity contribution < 1.29 is 19.4 Å². The summed E-state index contributed by atoms with van der Waals surface area (Å²) in [5.41, 5.74) is 7.66. The summed E-state index contributed by atoms with van der Waals surface area (Å²) in [7, 11) is 1.12. The van der Waals surface area contributed by atoms with Crippen molar-refractivity contribution in [3.8, 4) is 11.8 Å². The van der Waals surface area contributed by atoms with Gasteiger partial charge in [0.05, 0.1) is 7.11 Å². The molecule has 1 atom stereocenters. The lowest BCUT2D eigenvalue weighted by molar-refractivity contribution is -0.138. The van der Waals surface area contributed by atoms with Crippen molar-refractivity contribution in [3.05, 3.63) is 5.53 Å². The van der Waals surface area contributed by atoms with Gasteiger partial charge in [-0.1, -0.05) is 11.8 Å². The van der Waals surface area contributed by atoms with E-state index in [9.17, 15) is 9.90 Å². The molecule has 0 aromatic rings. The number of ether oxygens (including phenoxy) is 1. The standard InChI is InChI=1S/C10H14N2O3/c1-10(2,3)6-5-7(13)8(12-11)9(14)15-4/h7,13H,1-4H3.